The van der Waals surface area contributed by atoms with E-state index in [9.17, 15) is 4.79 Å². The van der Waals surface area contributed by atoms with Gasteiger partial charge in [0, 0.05) is 24.3 Å². The summed E-state index contributed by atoms with van der Waals surface area (Å²) in [7, 11) is 0. The van der Waals surface area contributed by atoms with E-state index < -0.39 is 0 Å². The molecule has 0 unspecified atom stereocenters. The maximum Gasteiger partial charge on any atom is 0.253 e. The number of hydrogen-bond acceptors (Lipinski definition) is 3. The number of nitrogen functional groups attached to an aromatic ring is 1. The Morgan fingerprint density at radius 2 is 1.58 bits per heavy atom. The number of carbonyl (C=O) groups excluding carboxylic acids is 1. The second kappa shape index (κ2) is 8.52. The number of nitrogens with one attached hydrogen (secondary N) is 1. The van der Waals surface area contributed by atoms with Crippen molar-refractivity contribution in [2.75, 3.05) is 31.9 Å². The number of carbonyl (C=O) groups is 1. The van der Waals surface area contributed by atoms with Gasteiger partial charge in [0.1, 0.15) is 0 Å². The Labute approximate surface area is 145 Å². The van der Waals surface area contributed by atoms with Gasteiger partial charge in [0.2, 0.25) is 0 Å². The van der Waals surface area contributed by atoms with E-state index in [1.165, 1.54) is 45.2 Å². The van der Waals surface area contributed by atoms with Crippen LogP contribution < -0.4 is 11.1 Å². The Bertz CT molecular complexity index is 514. The van der Waals surface area contributed by atoms with Crippen molar-refractivity contribution in [2.45, 2.75) is 44.9 Å². The van der Waals surface area contributed by atoms with Crippen molar-refractivity contribution in [1.29, 1.82) is 0 Å². The molecule has 3 rings (SSSR count). The molecule has 0 spiro atoms. The van der Waals surface area contributed by atoms with Crippen LogP contribution in [0.25, 0.3) is 0 Å². The number of nitrogens with two attached hydrogens (primary N) is 1. The maximum atomic E-state index is 12.5. The zero-order chi connectivity index (χ0) is 16.8. The van der Waals surface area contributed by atoms with Crippen molar-refractivity contribution in [3.8, 4) is 0 Å². The molecule has 1 amide bonds. The number of hydrogen-bond donors (Lipinski definition) is 2. The van der Waals surface area contributed by atoms with Gasteiger partial charge in [-0.3, -0.25) is 4.79 Å². The molecule has 24 heavy (non-hydrogen) atoms. The lowest BCUT2D eigenvalue weighted by Crippen LogP contribution is -2.38. The number of benzene rings is 1. The van der Waals surface area contributed by atoms with Crippen LogP contribution in [0.3, 0.4) is 0 Å². The van der Waals surface area contributed by atoms with Crippen molar-refractivity contribution in [3.63, 3.8) is 0 Å². The molecule has 2 fully saturated rings. The highest BCUT2D eigenvalue weighted by Gasteiger charge is 2.23. The first-order valence-electron chi connectivity index (χ1n) is 9.58. The molecular formula is C20H31N3O. The number of piperidine rings is 2. The second-order valence-electron chi connectivity index (χ2n) is 7.48. The molecule has 0 atom stereocenters. The Morgan fingerprint density at radius 1 is 1.00 bits per heavy atom. The van der Waals surface area contributed by atoms with Gasteiger partial charge in [-0.05, 0) is 74.9 Å². The number of nitrogens with zero attached hydrogens (tertiary/aromatic N) is 1. The highest BCUT2D eigenvalue weighted by molar-refractivity contribution is 5.94. The summed E-state index contributed by atoms with van der Waals surface area (Å²) in [6.45, 7) is 4.22. The Hall–Kier alpha value is -1.55. The minimum absolute atomic E-state index is 0.156. The number of anilines is 1. The van der Waals surface area contributed by atoms with E-state index >= 15 is 0 Å². The molecule has 132 valence electrons. The second-order valence-corrected chi connectivity index (χ2v) is 7.48. The van der Waals surface area contributed by atoms with E-state index in [0.717, 1.165) is 43.3 Å². The number of amides is 1. The van der Waals surface area contributed by atoms with Crippen molar-refractivity contribution in [1.82, 2.24) is 10.2 Å². The molecule has 2 saturated heterocycles. The van der Waals surface area contributed by atoms with Gasteiger partial charge >= 0.3 is 0 Å². The van der Waals surface area contributed by atoms with Gasteiger partial charge in [0.05, 0.1) is 0 Å². The molecule has 2 aliphatic heterocycles. The van der Waals surface area contributed by atoms with Crippen molar-refractivity contribution >= 4 is 11.6 Å². The van der Waals surface area contributed by atoms with Crippen LogP contribution >= 0.6 is 0 Å². The highest BCUT2D eigenvalue weighted by atomic mass is 16.2. The predicted molar refractivity (Wildman–Crippen MR) is 98.9 cm³/mol. The summed E-state index contributed by atoms with van der Waals surface area (Å²) in [5.74, 6) is 1.91. The number of likely N-dealkylation sites (tertiary alicyclic amines) is 1. The Morgan fingerprint density at radius 3 is 2.21 bits per heavy atom. The quantitative estimate of drug-likeness (QED) is 0.815. The highest BCUT2D eigenvalue weighted by Crippen LogP contribution is 2.26. The van der Waals surface area contributed by atoms with Crippen LogP contribution in [0.2, 0.25) is 0 Å². The molecule has 3 N–H and O–H groups in total. The first kappa shape index (κ1) is 17.3. The van der Waals surface area contributed by atoms with Gasteiger partial charge in [-0.15, -0.1) is 0 Å². The molecule has 1 aromatic rings. The fourth-order valence-corrected chi connectivity index (χ4v) is 4.10. The normalized spacial score (nSPS) is 20.2. The lowest BCUT2D eigenvalue weighted by atomic mass is 9.87. The molecule has 4 nitrogen and oxygen atoms in total. The summed E-state index contributed by atoms with van der Waals surface area (Å²) in [4.78, 5) is 14.5. The first-order valence-corrected chi connectivity index (χ1v) is 9.58. The van der Waals surface area contributed by atoms with Gasteiger partial charge in [-0.1, -0.05) is 19.3 Å². The lowest BCUT2D eigenvalue weighted by molar-refractivity contribution is 0.0685. The molecule has 0 bridgehead atoms. The van der Waals surface area contributed by atoms with Gasteiger partial charge in [0.15, 0.2) is 0 Å². The van der Waals surface area contributed by atoms with Gasteiger partial charge in [0.25, 0.3) is 5.91 Å². The van der Waals surface area contributed by atoms with Crippen LogP contribution in [0.4, 0.5) is 5.69 Å². The standard InChI is InChI=1S/C20H31N3O/c21-19-6-4-18(5-7-19)20(24)23-14-10-17(11-15-23)3-1-2-16-8-12-22-13-9-16/h4-7,16-17,22H,1-3,8-15,21H2. The molecule has 1 aromatic carbocycles. The third-order valence-electron chi connectivity index (χ3n) is 5.74. The molecule has 0 saturated carbocycles. The Balaban J connectivity index is 1.37. The smallest absolute Gasteiger partial charge is 0.253 e. The van der Waals surface area contributed by atoms with Crippen LogP contribution in [0.5, 0.6) is 0 Å². The average molecular weight is 329 g/mol. The van der Waals surface area contributed by atoms with Crippen LogP contribution in [-0.4, -0.2) is 37.0 Å². The summed E-state index contributed by atoms with van der Waals surface area (Å²) in [5, 5.41) is 3.44. The van der Waals surface area contributed by atoms with Crippen LogP contribution in [0, 0.1) is 11.8 Å². The van der Waals surface area contributed by atoms with E-state index in [4.69, 9.17) is 5.73 Å². The molecule has 2 aliphatic rings. The Kier molecular flexibility index (Phi) is 6.13. The molecular weight excluding hydrogens is 298 g/mol. The maximum absolute atomic E-state index is 12.5. The monoisotopic (exact) mass is 329 g/mol. The third-order valence-corrected chi connectivity index (χ3v) is 5.74. The summed E-state index contributed by atoms with van der Waals surface area (Å²) < 4.78 is 0. The van der Waals surface area contributed by atoms with Crippen LogP contribution in [-0.2, 0) is 0 Å². The summed E-state index contributed by atoms with van der Waals surface area (Å²) in [5.41, 5.74) is 7.16. The lowest BCUT2D eigenvalue weighted by Gasteiger charge is -2.32. The third kappa shape index (κ3) is 4.73. The first-order chi connectivity index (χ1) is 11.7. The molecule has 4 heteroatoms. The summed E-state index contributed by atoms with van der Waals surface area (Å²) >= 11 is 0. The largest absolute Gasteiger partial charge is 0.399 e. The topological polar surface area (TPSA) is 58.4 Å². The summed E-state index contributed by atoms with van der Waals surface area (Å²) in [6.07, 6.45) is 9.13. The van der Waals surface area contributed by atoms with Crippen LogP contribution in [0.1, 0.15) is 55.3 Å². The average Bonchev–Trinajstić information content (AvgIpc) is 2.63. The molecule has 0 aromatic heterocycles. The van der Waals surface area contributed by atoms with E-state index in [2.05, 4.69) is 5.32 Å². The van der Waals surface area contributed by atoms with Crippen molar-refractivity contribution in [2.24, 2.45) is 11.8 Å². The summed E-state index contributed by atoms with van der Waals surface area (Å²) in [6, 6.07) is 7.28. The zero-order valence-corrected chi connectivity index (χ0v) is 14.7. The number of rotatable bonds is 5. The fourth-order valence-electron chi connectivity index (χ4n) is 4.10. The fraction of sp³-hybridized carbons (Fsp3) is 0.650. The van der Waals surface area contributed by atoms with E-state index in [0.29, 0.717) is 5.69 Å². The van der Waals surface area contributed by atoms with E-state index in [1.807, 2.05) is 17.0 Å². The zero-order valence-electron chi connectivity index (χ0n) is 14.7. The van der Waals surface area contributed by atoms with Gasteiger partial charge < -0.3 is 16.0 Å². The molecule has 2 heterocycles. The minimum Gasteiger partial charge on any atom is -0.399 e. The van der Waals surface area contributed by atoms with Gasteiger partial charge in [-0.2, -0.15) is 0 Å². The molecule has 0 radical (unpaired) electrons. The minimum atomic E-state index is 0.156. The van der Waals surface area contributed by atoms with Crippen molar-refractivity contribution in [3.05, 3.63) is 29.8 Å². The van der Waals surface area contributed by atoms with E-state index in [1.54, 1.807) is 12.1 Å². The van der Waals surface area contributed by atoms with Crippen molar-refractivity contribution < 1.29 is 4.79 Å². The SMILES string of the molecule is Nc1ccc(C(=O)N2CCC(CCCC3CCNCC3)CC2)cc1. The predicted octanol–water partition coefficient (Wildman–Crippen LogP) is 3.29. The van der Waals surface area contributed by atoms with Crippen LogP contribution in [0.15, 0.2) is 24.3 Å². The van der Waals surface area contributed by atoms with E-state index in [-0.39, 0.29) is 5.91 Å². The van der Waals surface area contributed by atoms with Gasteiger partial charge in [-0.25, -0.2) is 0 Å². The molecule has 0 aliphatic carbocycles.